The predicted molar refractivity (Wildman–Crippen MR) is 111 cm³/mol. The fraction of sp³-hybridized carbons (Fsp3) is 0.524. The second-order valence-electron chi connectivity index (χ2n) is 7.85. The molecule has 1 atom stereocenters. The Balaban J connectivity index is 1.72. The Morgan fingerprint density at radius 1 is 1.18 bits per heavy atom. The molecule has 1 aliphatic rings. The topological polar surface area (TPSA) is 74.2 Å². The van der Waals surface area contributed by atoms with Gasteiger partial charge in [0, 0.05) is 63.4 Å². The zero-order valence-electron chi connectivity index (χ0n) is 17.7. The van der Waals surface area contributed by atoms with Crippen molar-refractivity contribution in [1.29, 1.82) is 0 Å². The van der Waals surface area contributed by atoms with E-state index in [1.54, 1.807) is 14.1 Å². The highest BCUT2D eigenvalue weighted by Crippen LogP contribution is 2.24. The SMILES string of the molecule is Cc1cncc(C)c1CN[C@@H]1CCN(c2nc(C(=O)N(C)C)nc(C)c2C)C1. The standard InChI is InChI=1S/C21H30N6O/c1-13-9-22-10-14(2)18(13)11-23-17-7-8-27(12-17)20-15(3)16(4)24-19(25-20)21(28)26(5)6/h9-10,17,23H,7-8,11-12H2,1-6H3/t17-/m1/s1. The fourth-order valence-electron chi connectivity index (χ4n) is 3.59. The molecule has 1 amide bonds. The van der Waals surface area contributed by atoms with E-state index in [0.29, 0.717) is 6.04 Å². The van der Waals surface area contributed by atoms with E-state index in [1.807, 2.05) is 26.2 Å². The van der Waals surface area contributed by atoms with Crippen molar-refractivity contribution in [3.05, 3.63) is 46.2 Å². The number of carbonyl (C=O) groups excluding carboxylic acids is 1. The Kier molecular flexibility index (Phi) is 5.93. The monoisotopic (exact) mass is 382 g/mol. The van der Waals surface area contributed by atoms with Gasteiger partial charge in [-0.2, -0.15) is 0 Å². The molecule has 0 bridgehead atoms. The van der Waals surface area contributed by atoms with E-state index in [4.69, 9.17) is 0 Å². The first-order chi connectivity index (χ1) is 13.3. The number of carbonyl (C=O) groups is 1. The Bertz CT molecular complexity index is 859. The number of pyridine rings is 1. The van der Waals surface area contributed by atoms with Gasteiger partial charge in [-0.15, -0.1) is 0 Å². The summed E-state index contributed by atoms with van der Waals surface area (Å²) in [5.74, 6) is 0.975. The quantitative estimate of drug-likeness (QED) is 0.854. The molecule has 2 aromatic heterocycles. The van der Waals surface area contributed by atoms with Crippen molar-refractivity contribution in [2.24, 2.45) is 0 Å². The first kappa shape index (κ1) is 20.2. The molecule has 3 rings (SSSR count). The van der Waals surface area contributed by atoms with Crippen LogP contribution in [0, 0.1) is 27.7 Å². The number of hydrogen-bond donors (Lipinski definition) is 1. The van der Waals surface area contributed by atoms with Crippen molar-refractivity contribution in [2.75, 3.05) is 32.1 Å². The van der Waals surface area contributed by atoms with E-state index in [2.05, 4.69) is 39.0 Å². The Morgan fingerprint density at radius 3 is 2.50 bits per heavy atom. The number of aromatic nitrogens is 3. The summed E-state index contributed by atoms with van der Waals surface area (Å²) in [5, 5.41) is 3.68. The summed E-state index contributed by atoms with van der Waals surface area (Å²) in [6, 6.07) is 0.384. The maximum absolute atomic E-state index is 12.3. The normalized spacial score (nSPS) is 16.5. The number of rotatable bonds is 5. The maximum Gasteiger partial charge on any atom is 0.291 e. The zero-order valence-corrected chi connectivity index (χ0v) is 17.7. The van der Waals surface area contributed by atoms with E-state index in [0.717, 1.165) is 43.1 Å². The average molecular weight is 383 g/mol. The van der Waals surface area contributed by atoms with Crippen LogP contribution >= 0.6 is 0 Å². The summed E-state index contributed by atoms with van der Waals surface area (Å²) in [6.07, 6.45) is 4.88. The van der Waals surface area contributed by atoms with Gasteiger partial charge < -0.3 is 15.1 Å². The number of hydrogen-bond acceptors (Lipinski definition) is 6. The lowest BCUT2D eigenvalue weighted by Crippen LogP contribution is -2.33. The smallest absolute Gasteiger partial charge is 0.291 e. The molecular formula is C21H30N6O. The van der Waals surface area contributed by atoms with E-state index in [-0.39, 0.29) is 11.7 Å². The van der Waals surface area contributed by atoms with Crippen LogP contribution in [0.4, 0.5) is 5.82 Å². The molecule has 1 saturated heterocycles. The Morgan fingerprint density at radius 2 is 1.86 bits per heavy atom. The number of aryl methyl sites for hydroxylation is 3. The van der Waals surface area contributed by atoms with E-state index in [1.165, 1.54) is 21.6 Å². The summed E-state index contributed by atoms with van der Waals surface area (Å²) in [4.78, 5) is 29.3. The number of nitrogens with zero attached hydrogens (tertiary/aromatic N) is 5. The van der Waals surface area contributed by atoms with Gasteiger partial charge in [0.2, 0.25) is 5.82 Å². The largest absolute Gasteiger partial charge is 0.355 e. The third kappa shape index (κ3) is 4.14. The molecule has 3 heterocycles. The molecule has 28 heavy (non-hydrogen) atoms. The lowest BCUT2D eigenvalue weighted by atomic mass is 10.1. The minimum Gasteiger partial charge on any atom is -0.355 e. The molecular weight excluding hydrogens is 352 g/mol. The van der Waals surface area contributed by atoms with Gasteiger partial charge in [0.25, 0.3) is 5.91 Å². The molecule has 0 aliphatic carbocycles. The molecule has 1 fully saturated rings. The summed E-state index contributed by atoms with van der Waals surface area (Å²) in [7, 11) is 3.44. The van der Waals surface area contributed by atoms with E-state index in [9.17, 15) is 4.79 Å². The van der Waals surface area contributed by atoms with Gasteiger partial charge in [-0.3, -0.25) is 9.78 Å². The second kappa shape index (κ2) is 8.22. The van der Waals surface area contributed by atoms with Crippen LogP contribution in [-0.2, 0) is 6.54 Å². The van der Waals surface area contributed by atoms with Gasteiger partial charge in [-0.05, 0) is 50.8 Å². The van der Waals surface area contributed by atoms with Crippen LogP contribution in [0.2, 0.25) is 0 Å². The molecule has 0 aromatic carbocycles. The van der Waals surface area contributed by atoms with Crippen LogP contribution < -0.4 is 10.2 Å². The van der Waals surface area contributed by atoms with Crippen molar-refractivity contribution < 1.29 is 4.79 Å². The molecule has 0 unspecified atom stereocenters. The first-order valence-corrected chi connectivity index (χ1v) is 9.73. The van der Waals surface area contributed by atoms with Crippen molar-refractivity contribution in [3.63, 3.8) is 0 Å². The van der Waals surface area contributed by atoms with Gasteiger partial charge in [0.15, 0.2) is 0 Å². The molecule has 1 aliphatic heterocycles. The summed E-state index contributed by atoms with van der Waals surface area (Å²) in [6.45, 7) is 10.8. The van der Waals surface area contributed by atoms with Crippen LogP contribution in [0.1, 0.15) is 45.0 Å². The fourth-order valence-corrected chi connectivity index (χ4v) is 3.59. The molecule has 0 radical (unpaired) electrons. The number of nitrogens with one attached hydrogen (secondary N) is 1. The predicted octanol–water partition coefficient (Wildman–Crippen LogP) is 2.18. The third-order valence-corrected chi connectivity index (χ3v) is 5.50. The van der Waals surface area contributed by atoms with Gasteiger partial charge in [-0.25, -0.2) is 9.97 Å². The molecule has 0 saturated carbocycles. The highest BCUT2D eigenvalue weighted by atomic mass is 16.2. The minimum atomic E-state index is -0.165. The van der Waals surface area contributed by atoms with Crippen molar-refractivity contribution in [1.82, 2.24) is 25.2 Å². The van der Waals surface area contributed by atoms with Crippen LogP contribution in [0.25, 0.3) is 0 Å². The summed E-state index contributed by atoms with van der Waals surface area (Å²) >= 11 is 0. The first-order valence-electron chi connectivity index (χ1n) is 9.73. The van der Waals surface area contributed by atoms with E-state index >= 15 is 0 Å². The summed E-state index contributed by atoms with van der Waals surface area (Å²) < 4.78 is 0. The number of anilines is 1. The Hall–Kier alpha value is -2.54. The zero-order chi connectivity index (χ0) is 20.4. The van der Waals surface area contributed by atoms with Gasteiger partial charge in [-0.1, -0.05) is 0 Å². The molecule has 7 heteroatoms. The van der Waals surface area contributed by atoms with Crippen molar-refractivity contribution >= 4 is 11.7 Å². The molecule has 2 aromatic rings. The minimum absolute atomic E-state index is 0.165. The highest BCUT2D eigenvalue weighted by molar-refractivity contribution is 5.90. The van der Waals surface area contributed by atoms with Crippen LogP contribution in [-0.4, -0.2) is 59.0 Å². The number of amides is 1. The van der Waals surface area contributed by atoms with Gasteiger partial charge >= 0.3 is 0 Å². The van der Waals surface area contributed by atoms with Crippen molar-refractivity contribution in [3.8, 4) is 0 Å². The van der Waals surface area contributed by atoms with Crippen LogP contribution in [0.5, 0.6) is 0 Å². The lowest BCUT2D eigenvalue weighted by Gasteiger charge is -2.22. The van der Waals surface area contributed by atoms with Crippen LogP contribution in [0.15, 0.2) is 12.4 Å². The lowest BCUT2D eigenvalue weighted by molar-refractivity contribution is 0.0815. The highest BCUT2D eigenvalue weighted by Gasteiger charge is 2.26. The van der Waals surface area contributed by atoms with E-state index < -0.39 is 0 Å². The molecule has 1 N–H and O–H groups in total. The average Bonchev–Trinajstić information content (AvgIpc) is 3.11. The van der Waals surface area contributed by atoms with Gasteiger partial charge in [0.1, 0.15) is 5.82 Å². The Labute approximate surface area is 167 Å². The maximum atomic E-state index is 12.3. The third-order valence-electron chi connectivity index (χ3n) is 5.50. The van der Waals surface area contributed by atoms with Gasteiger partial charge in [0.05, 0.1) is 0 Å². The van der Waals surface area contributed by atoms with Crippen molar-refractivity contribution in [2.45, 2.75) is 46.7 Å². The molecule has 7 nitrogen and oxygen atoms in total. The molecule has 0 spiro atoms. The summed E-state index contributed by atoms with van der Waals surface area (Å²) in [5.41, 5.74) is 5.65. The van der Waals surface area contributed by atoms with Crippen LogP contribution in [0.3, 0.4) is 0 Å². The molecule has 150 valence electrons. The second-order valence-corrected chi connectivity index (χ2v) is 7.85.